The second-order valence-electron chi connectivity index (χ2n) is 5.05. The molecule has 2 N–H and O–H groups in total. The standard InChI is InChI=1S/C18H12BrN5O/c19-13-5-3-6-14(10-13)21-18(25)16-8-9-17(24-23-16)22-15-7-2-1-4-12(15)11-20/h1-10H,(H,21,25)(H,22,24). The number of amides is 1. The number of benzene rings is 2. The molecule has 7 heteroatoms. The highest BCUT2D eigenvalue weighted by Crippen LogP contribution is 2.19. The van der Waals surface area contributed by atoms with Gasteiger partial charge >= 0.3 is 0 Å². The number of anilines is 3. The molecule has 0 spiro atoms. The van der Waals surface area contributed by atoms with Crippen LogP contribution in [0.15, 0.2) is 65.1 Å². The number of aromatic nitrogens is 2. The van der Waals surface area contributed by atoms with Crippen LogP contribution < -0.4 is 10.6 Å². The van der Waals surface area contributed by atoms with Gasteiger partial charge in [0, 0.05) is 10.2 Å². The summed E-state index contributed by atoms with van der Waals surface area (Å²) in [5.74, 6) is 0.0938. The quantitative estimate of drug-likeness (QED) is 0.695. The van der Waals surface area contributed by atoms with Crippen molar-refractivity contribution in [1.29, 1.82) is 5.26 Å². The lowest BCUT2D eigenvalue weighted by Crippen LogP contribution is -2.14. The maximum Gasteiger partial charge on any atom is 0.276 e. The molecule has 0 saturated carbocycles. The van der Waals surface area contributed by atoms with E-state index < -0.39 is 0 Å². The van der Waals surface area contributed by atoms with E-state index in [9.17, 15) is 4.79 Å². The molecule has 1 amide bonds. The fraction of sp³-hybridized carbons (Fsp3) is 0. The van der Waals surface area contributed by atoms with Gasteiger partial charge in [-0.3, -0.25) is 4.79 Å². The van der Waals surface area contributed by atoms with Crippen LogP contribution in [0.5, 0.6) is 0 Å². The highest BCUT2D eigenvalue weighted by Gasteiger charge is 2.09. The number of carbonyl (C=O) groups excluding carboxylic acids is 1. The van der Waals surface area contributed by atoms with Crippen LogP contribution in [0.3, 0.4) is 0 Å². The van der Waals surface area contributed by atoms with Crippen molar-refractivity contribution in [1.82, 2.24) is 10.2 Å². The Labute approximate surface area is 152 Å². The van der Waals surface area contributed by atoms with Gasteiger partial charge in [0.1, 0.15) is 6.07 Å². The third kappa shape index (κ3) is 4.19. The van der Waals surface area contributed by atoms with Crippen LogP contribution >= 0.6 is 15.9 Å². The SMILES string of the molecule is N#Cc1ccccc1Nc1ccc(C(=O)Nc2cccc(Br)c2)nn1. The summed E-state index contributed by atoms with van der Waals surface area (Å²) in [5.41, 5.74) is 1.98. The van der Waals surface area contributed by atoms with E-state index >= 15 is 0 Å². The highest BCUT2D eigenvalue weighted by molar-refractivity contribution is 9.10. The number of para-hydroxylation sites is 1. The Morgan fingerprint density at radius 1 is 1.04 bits per heavy atom. The Balaban J connectivity index is 1.71. The second-order valence-corrected chi connectivity index (χ2v) is 5.97. The molecule has 0 unspecified atom stereocenters. The molecule has 0 radical (unpaired) electrons. The van der Waals surface area contributed by atoms with E-state index in [-0.39, 0.29) is 11.6 Å². The molecule has 0 fully saturated rings. The van der Waals surface area contributed by atoms with Gasteiger partial charge in [-0.05, 0) is 42.5 Å². The Hall–Kier alpha value is -3.24. The maximum atomic E-state index is 12.2. The van der Waals surface area contributed by atoms with E-state index in [1.807, 2.05) is 18.2 Å². The van der Waals surface area contributed by atoms with Crippen LogP contribution in [0.2, 0.25) is 0 Å². The molecule has 0 atom stereocenters. The number of nitrogens with one attached hydrogen (secondary N) is 2. The van der Waals surface area contributed by atoms with Gasteiger partial charge in [0.05, 0.1) is 11.3 Å². The summed E-state index contributed by atoms with van der Waals surface area (Å²) in [6.07, 6.45) is 0. The van der Waals surface area contributed by atoms with Gasteiger partial charge in [0.15, 0.2) is 11.5 Å². The Kier molecular flexibility index (Phi) is 5.02. The molecule has 0 aliphatic heterocycles. The van der Waals surface area contributed by atoms with Crippen molar-refractivity contribution in [3.63, 3.8) is 0 Å². The largest absolute Gasteiger partial charge is 0.338 e. The van der Waals surface area contributed by atoms with Gasteiger partial charge in [-0.15, -0.1) is 10.2 Å². The molecule has 1 heterocycles. The zero-order chi connectivity index (χ0) is 17.6. The Morgan fingerprint density at radius 2 is 1.88 bits per heavy atom. The van der Waals surface area contributed by atoms with Gasteiger partial charge in [0.25, 0.3) is 5.91 Å². The number of hydrogen-bond acceptors (Lipinski definition) is 5. The first kappa shape index (κ1) is 16.6. The summed E-state index contributed by atoms with van der Waals surface area (Å²) in [6, 6.07) is 19.6. The summed E-state index contributed by atoms with van der Waals surface area (Å²) < 4.78 is 0.868. The van der Waals surface area contributed by atoms with Crippen LogP contribution in [-0.4, -0.2) is 16.1 Å². The van der Waals surface area contributed by atoms with Gasteiger partial charge in [-0.1, -0.05) is 34.1 Å². The van der Waals surface area contributed by atoms with Gasteiger partial charge < -0.3 is 10.6 Å². The van der Waals surface area contributed by atoms with Crippen LogP contribution in [0.25, 0.3) is 0 Å². The van der Waals surface area contributed by atoms with Gasteiger partial charge in [-0.2, -0.15) is 5.26 Å². The number of rotatable bonds is 4. The van der Waals surface area contributed by atoms with E-state index in [0.717, 1.165) is 4.47 Å². The van der Waals surface area contributed by atoms with Crippen LogP contribution in [0.1, 0.15) is 16.1 Å². The van der Waals surface area contributed by atoms with Gasteiger partial charge in [0.2, 0.25) is 0 Å². The maximum absolute atomic E-state index is 12.2. The number of nitrogens with zero attached hydrogens (tertiary/aromatic N) is 3. The van der Waals surface area contributed by atoms with E-state index in [1.165, 1.54) is 0 Å². The van der Waals surface area contributed by atoms with Crippen molar-refractivity contribution in [2.75, 3.05) is 10.6 Å². The normalized spacial score (nSPS) is 9.92. The number of hydrogen-bond donors (Lipinski definition) is 2. The first-order valence-electron chi connectivity index (χ1n) is 7.32. The average molecular weight is 394 g/mol. The lowest BCUT2D eigenvalue weighted by Gasteiger charge is -2.08. The third-order valence-corrected chi connectivity index (χ3v) is 3.78. The molecule has 3 aromatic rings. The van der Waals surface area contributed by atoms with Gasteiger partial charge in [-0.25, -0.2) is 0 Å². The topological polar surface area (TPSA) is 90.7 Å². The van der Waals surface area contributed by atoms with Crippen molar-refractivity contribution in [3.05, 3.63) is 76.4 Å². The minimum absolute atomic E-state index is 0.194. The summed E-state index contributed by atoms with van der Waals surface area (Å²) >= 11 is 3.35. The second kappa shape index (κ2) is 7.55. The Bertz CT molecular complexity index is 950. The van der Waals surface area contributed by atoms with E-state index in [4.69, 9.17) is 5.26 Å². The molecular formula is C18H12BrN5O. The lowest BCUT2D eigenvalue weighted by atomic mass is 10.2. The smallest absolute Gasteiger partial charge is 0.276 e. The average Bonchev–Trinajstić information content (AvgIpc) is 2.63. The number of halogens is 1. The fourth-order valence-electron chi connectivity index (χ4n) is 2.11. The summed E-state index contributed by atoms with van der Waals surface area (Å²) in [4.78, 5) is 12.2. The van der Waals surface area contributed by atoms with E-state index in [1.54, 1.807) is 42.5 Å². The lowest BCUT2D eigenvalue weighted by molar-refractivity contribution is 0.102. The van der Waals surface area contributed by atoms with Crippen molar-refractivity contribution < 1.29 is 4.79 Å². The van der Waals surface area contributed by atoms with E-state index in [2.05, 4.69) is 42.8 Å². The summed E-state index contributed by atoms with van der Waals surface area (Å²) in [5, 5.41) is 22.8. The first-order valence-corrected chi connectivity index (χ1v) is 8.12. The molecule has 1 aromatic heterocycles. The van der Waals surface area contributed by atoms with Crippen LogP contribution in [0, 0.1) is 11.3 Å². The molecule has 25 heavy (non-hydrogen) atoms. The van der Waals surface area contributed by atoms with Crippen LogP contribution in [0.4, 0.5) is 17.2 Å². The van der Waals surface area contributed by atoms with E-state index in [0.29, 0.717) is 22.8 Å². The number of nitriles is 1. The molecule has 0 saturated heterocycles. The molecule has 6 nitrogen and oxygen atoms in total. The summed E-state index contributed by atoms with van der Waals surface area (Å²) in [7, 11) is 0. The predicted octanol–water partition coefficient (Wildman–Crippen LogP) is 4.11. The van der Waals surface area contributed by atoms with Crippen molar-refractivity contribution in [2.24, 2.45) is 0 Å². The molecule has 0 aliphatic carbocycles. The van der Waals surface area contributed by atoms with Crippen molar-refractivity contribution in [2.45, 2.75) is 0 Å². The number of carbonyl (C=O) groups is 1. The third-order valence-electron chi connectivity index (χ3n) is 3.29. The monoisotopic (exact) mass is 393 g/mol. The molecule has 122 valence electrons. The summed E-state index contributed by atoms with van der Waals surface area (Å²) in [6.45, 7) is 0. The zero-order valence-corrected chi connectivity index (χ0v) is 14.5. The van der Waals surface area contributed by atoms with Crippen LogP contribution in [-0.2, 0) is 0 Å². The molecule has 0 aliphatic rings. The van der Waals surface area contributed by atoms with Crippen molar-refractivity contribution >= 4 is 39.0 Å². The molecule has 3 rings (SSSR count). The Morgan fingerprint density at radius 3 is 2.60 bits per heavy atom. The zero-order valence-electron chi connectivity index (χ0n) is 12.9. The molecular weight excluding hydrogens is 382 g/mol. The first-order chi connectivity index (χ1) is 12.2. The predicted molar refractivity (Wildman–Crippen MR) is 98.6 cm³/mol. The fourth-order valence-corrected chi connectivity index (χ4v) is 2.51. The molecule has 2 aromatic carbocycles. The van der Waals surface area contributed by atoms with Crippen molar-refractivity contribution in [3.8, 4) is 6.07 Å². The minimum atomic E-state index is -0.352. The minimum Gasteiger partial charge on any atom is -0.338 e. The highest BCUT2D eigenvalue weighted by atomic mass is 79.9. The molecule has 0 bridgehead atoms.